The van der Waals surface area contributed by atoms with E-state index in [1.165, 1.54) is 13.0 Å². The van der Waals surface area contributed by atoms with E-state index in [2.05, 4.69) is 10.6 Å². The van der Waals surface area contributed by atoms with E-state index < -0.39 is 11.6 Å². The number of carbonyl (C=O) groups is 1. The number of rotatable bonds is 2. The summed E-state index contributed by atoms with van der Waals surface area (Å²) >= 11 is 0. The van der Waals surface area contributed by atoms with Gasteiger partial charge in [0.15, 0.2) is 5.82 Å². The van der Waals surface area contributed by atoms with Crippen molar-refractivity contribution in [1.82, 2.24) is 5.32 Å². The Morgan fingerprint density at radius 2 is 2.11 bits per heavy atom. The molecule has 1 aliphatic rings. The lowest BCUT2D eigenvalue weighted by molar-refractivity contribution is -0.120. The molecule has 0 bridgehead atoms. The summed E-state index contributed by atoms with van der Waals surface area (Å²) in [6.07, 6.45) is 0. The Hall–Kier alpha value is -1.49. The van der Waals surface area contributed by atoms with Gasteiger partial charge < -0.3 is 10.6 Å². The Morgan fingerprint density at radius 3 is 2.72 bits per heavy atom. The predicted molar refractivity (Wildman–Crippen MR) is 65.2 cm³/mol. The van der Waals surface area contributed by atoms with Gasteiger partial charge >= 0.3 is 0 Å². The Kier molecular flexibility index (Phi) is 3.61. The fourth-order valence-corrected chi connectivity index (χ4v) is 2.15. The van der Waals surface area contributed by atoms with Gasteiger partial charge in [0.05, 0.1) is 5.92 Å². The van der Waals surface area contributed by atoms with Crippen molar-refractivity contribution in [3.63, 3.8) is 0 Å². The fourth-order valence-electron chi connectivity index (χ4n) is 2.15. The molecule has 1 aromatic rings. The van der Waals surface area contributed by atoms with Crippen LogP contribution in [0.15, 0.2) is 12.1 Å². The van der Waals surface area contributed by atoms with Crippen molar-refractivity contribution < 1.29 is 13.6 Å². The van der Waals surface area contributed by atoms with Gasteiger partial charge in [0.2, 0.25) is 5.91 Å². The zero-order chi connectivity index (χ0) is 13.3. The molecule has 2 N–H and O–H groups in total. The van der Waals surface area contributed by atoms with Crippen LogP contribution in [-0.2, 0) is 4.79 Å². The van der Waals surface area contributed by atoms with Gasteiger partial charge in [-0.25, -0.2) is 8.78 Å². The minimum atomic E-state index is -0.745. The summed E-state index contributed by atoms with van der Waals surface area (Å²) in [5.74, 6) is -1.87. The van der Waals surface area contributed by atoms with Crippen LogP contribution in [-0.4, -0.2) is 19.0 Å². The molecule has 98 valence electrons. The second kappa shape index (κ2) is 5.02. The number of hydrogen-bond acceptors (Lipinski definition) is 2. The van der Waals surface area contributed by atoms with Gasteiger partial charge in [-0.15, -0.1) is 0 Å². The maximum Gasteiger partial charge on any atom is 0.229 e. The highest BCUT2D eigenvalue weighted by Crippen LogP contribution is 2.24. The number of nitrogens with one attached hydrogen (secondary N) is 2. The predicted octanol–water partition coefficient (Wildman–Crippen LogP) is 2.07. The lowest BCUT2D eigenvalue weighted by Crippen LogP contribution is -2.28. The van der Waals surface area contributed by atoms with Gasteiger partial charge in [-0.3, -0.25) is 4.79 Å². The Morgan fingerprint density at radius 1 is 1.39 bits per heavy atom. The molecule has 2 atom stereocenters. The number of halogens is 2. The third kappa shape index (κ3) is 2.36. The Bertz CT molecular complexity index is 476. The normalized spacial score (nSPS) is 23.1. The van der Waals surface area contributed by atoms with Crippen molar-refractivity contribution >= 4 is 11.6 Å². The molecule has 1 aliphatic heterocycles. The molecule has 0 aromatic heterocycles. The first-order chi connectivity index (χ1) is 8.50. The molecule has 0 saturated carbocycles. The Balaban J connectivity index is 2.19. The summed E-state index contributed by atoms with van der Waals surface area (Å²) in [5, 5.41) is 5.44. The largest absolute Gasteiger partial charge is 0.321 e. The van der Waals surface area contributed by atoms with E-state index in [0.717, 1.165) is 12.6 Å². The summed E-state index contributed by atoms with van der Waals surface area (Å²) in [4.78, 5) is 12.0. The molecular weight excluding hydrogens is 238 g/mol. The van der Waals surface area contributed by atoms with Gasteiger partial charge in [0.25, 0.3) is 0 Å². The van der Waals surface area contributed by atoms with E-state index in [4.69, 9.17) is 0 Å². The molecule has 1 saturated heterocycles. The smallest absolute Gasteiger partial charge is 0.229 e. The molecule has 18 heavy (non-hydrogen) atoms. The van der Waals surface area contributed by atoms with Gasteiger partial charge in [0.1, 0.15) is 11.5 Å². The van der Waals surface area contributed by atoms with Crippen LogP contribution in [0.25, 0.3) is 0 Å². The lowest BCUT2D eigenvalue weighted by Gasteiger charge is -2.15. The number of anilines is 1. The van der Waals surface area contributed by atoms with E-state index in [-0.39, 0.29) is 23.4 Å². The number of amides is 1. The summed E-state index contributed by atoms with van der Waals surface area (Å²) in [7, 11) is 0. The molecule has 2 rings (SSSR count). The number of carbonyl (C=O) groups excluding carboxylic acids is 1. The second-order valence-electron chi connectivity index (χ2n) is 4.78. The van der Waals surface area contributed by atoms with Gasteiger partial charge in [-0.2, -0.15) is 0 Å². The van der Waals surface area contributed by atoms with Crippen LogP contribution in [0.1, 0.15) is 12.5 Å². The highest BCUT2D eigenvalue weighted by atomic mass is 19.1. The third-order valence-corrected chi connectivity index (χ3v) is 3.39. The first-order valence-electron chi connectivity index (χ1n) is 5.97. The zero-order valence-electron chi connectivity index (χ0n) is 10.4. The molecule has 1 amide bonds. The molecule has 5 heteroatoms. The Labute approximate surface area is 105 Å². The molecule has 3 nitrogen and oxygen atoms in total. The van der Waals surface area contributed by atoms with Crippen molar-refractivity contribution in [3.8, 4) is 0 Å². The topological polar surface area (TPSA) is 41.1 Å². The second-order valence-corrected chi connectivity index (χ2v) is 4.78. The standard InChI is InChI=1S/C13H16F2N2O/c1-7-3-4-10(14)12(11(7)15)17-13(18)9-6-16-5-8(9)2/h3-4,8-9,16H,5-6H2,1-2H3,(H,17,18). The summed E-state index contributed by atoms with van der Waals surface area (Å²) in [6, 6.07) is 2.50. The highest BCUT2D eigenvalue weighted by molar-refractivity contribution is 5.93. The fraction of sp³-hybridized carbons (Fsp3) is 0.462. The zero-order valence-corrected chi connectivity index (χ0v) is 10.4. The van der Waals surface area contributed by atoms with Crippen LogP contribution in [0.3, 0.4) is 0 Å². The minimum absolute atomic E-state index is 0.168. The van der Waals surface area contributed by atoms with E-state index in [1.807, 2.05) is 6.92 Å². The van der Waals surface area contributed by atoms with Gasteiger partial charge in [-0.1, -0.05) is 13.0 Å². The molecule has 2 unspecified atom stereocenters. The van der Waals surface area contributed by atoms with Crippen LogP contribution in [0, 0.1) is 30.4 Å². The summed E-state index contributed by atoms with van der Waals surface area (Å²) in [5.41, 5.74) is -0.0385. The van der Waals surface area contributed by atoms with Crippen molar-refractivity contribution in [1.29, 1.82) is 0 Å². The van der Waals surface area contributed by atoms with E-state index in [9.17, 15) is 13.6 Å². The molecule has 0 spiro atoms. The average molecular weight is 254 g/mol. The number of benzene rings is 1. The molecule has 0 radical (unpaired) electrons. The van der Waals surface area contributed by atoms with Gasteiger partial charge in [0, 0.05) is 6.54 Å². The summed E-state index contributed by atoms with van der Waals surface area (Å²) < 4.78 is 27.2. The molecule has 0 aliphatic carbocycles. The quantitative estimate of drug-likeness (QED) is 0.848. The molecule has 1 aromatic carbocycles. The molecule has 1 heterocycles. The van der Waals surface area contributed by atoms with Crippen LogP contribution < -0.4 is 10.6 Å². The van der Waals surface area contributed by atoms with E-state index >= 15 is 0 Å². The van der Waals surface area contributed by atoms with E-state index in [1.54, 1.807) is 0 Å². The average Bonchev–Trinajstić information content (AvgIpc) is 2.76. The number of aryl methyl sites for hydroxylation is 1. The monoisotopic (exact) mass is 254 g/mol. The van der Waals surface area contributed by atoms with Crippen molar-refractivity contribution in [2.24, 2.45) is 11.8 Å². The maximum absolute atomic E-state index is 13.7. The first kappa shape index (κ1) is 13.0. The van der Waals surface area contributed by atoms with Crippen molar-refractivity contribution in [2.45, 2.75) is 13.8 Å². The van der Waals surface area contributed by atoms with Crippen LogP contribution in [0.2, 0.25) is 0 Å². The third-order valence-electron chi connectivity index (χ3n) is 3.39. The van der Waals surface area contributed by atoms with Crippen molar-refractivity contribution in [3.05, 3.63) is 29.3 Å². The van der Waals surface area contributed by atoms with Crippen LogP contribution >= 0.6 is 0 Å². The van der Waals surface area contributed by atoms with Crippen LogP contribution in [0.5, 0.6) is 0 Å². The highest BCUT2D eigenvalue weighted by Gasteiger charge is 2.30. The van der Waals surface area contributed by atoms with E-state index in [0.29, 0.717) is 12.1 Å². The van der Waals surface area contributed by atoms with Crippen LogP contribution in [0.4, 0.5) is 14.5 Å². The molecule has 1 fully saturated rings. The van der Waals surface area contributed by atoms with Gasteiger partial charge in [-0.05, 0) is 31.0 Å². The first-order valence-corrected chi connectivity index (χ1v) is 5.97. The van der Waals surface area contributed by atoms with Crippen molar-refractivity contribution in [2.75, 3.05) is 18.4 Å². The summed E-state index contributed by atoms with van der Waals surface area (Å²) in [6.45, 7) is 4.76. The SMILES string of the molecule is Cc1ccc(F)c(NC(=O)C2CNCC2C)c1F. The number of hydrogen-bond donors (Lipinski definition) is 2. The minimum Gasteiger partial charge on any atom is -0.321 e. The lowest BCUT2D eigenvalue weighted by atomic mass is 9.97. The molecular formula is C13H16F2N2O. The maximum atomic E-state index is 13.7.